The van der Waals surface area contributed by atoms with Crippen LogP contribution in [0.1, 0.15) is 28.2 Å². The molecule has 0 unspecified atom stereocenters. The van der Waals surface area contributed by atoms with Crippen molar-refractivity contribution in [1.29, 1.82) is 0 Å². The van der Waals surface area contributed by atoms with Gasteiger partial charge in [-0.05, 0) is 61.9 Å². The fourth-order valence-corrected chi connectivity index (χ4v) is 3.75. The zero-order chi connectivity index (χ0) is 23.0. The number of rotatable bonds is 10. The quantitative estimate of drug-likeness (QED) is 0.358. The number of benzene rings is 3. The van der Waals surface area contributed by atoms with Crippen molar-refractivity contribution in [2.45, 2.75) is 26.3 Å². The van der Waals surface area contributed by atoms with Crippen LogP contribution >= 0.6 is 0 Å². The van der Waals surface area contributed by atoms with Gasteiger partial charge < -0.3 is 19.4 Å². The summed E-state index contributed by atoms with van der Waals surface area (Å²) in [5.41, 5.74) is 3.91. The van der Waals surface area contributed by atoms with Crippen LogP contribution in [0.2, 0.25) is 0 Å². The molecule has 4 rings (SSSR count). The van der Waals surface area contributed by atoms with E-state index in [0.29, 0.717) is 25.3 Å². The van der Waals surface area contributed by atoms with Crippen molar-refractivity contribution in [3.63, 3.8) is 0 Å². The number of hydrogen-bond acceptors (Lipinski definition) is 4. The van der Waals surface area contributed by atoms with E-state index < -0.39 is 0 Å². The molecule has 170 valence electrons. The van der Waals surface area contributed by atoms with Crippen molar-refractivity contribution in [3.8, 4) is 11.5 Å². The number of para-hydroxylation sites is 2. The smallest absolute Gasteiger partial charge is 0.251 e. The predicted octanol–water partition coefficient (Wildman–Crippen LogP) is 4.79. The maximum absolute atomic E-state index is 12.4. The van der Waals surface area contributed by atoms with Crippen LogP contribution in [-0.4, -0.2) is 35.7 Å². The van der Waals surface area contributed by atoms with Crippen molar-refractivity contribution in [2.24, 2.45) is 0 Å². The van der Waals surface area contributed by atoms with Gasteiger partial charge in [0.25, 0.3) is 5.91 Å². The molecule has 0 saturated heterocycles. The molecule has 0 atom stereocenters. The first-order valence-corrected chi connectivity index (χ1v) is 11.2. The van der Waals surface area contributed by atoms with Crippen molar-refractivity contribution in [2.75, 3.05) is 20.3 Å². The Bertz CT molecular complexity index is 1200. The van der Waals surface area contributed by atoms with E-state index in [9.17, 15) is 4.79 Å². The summed E-state index contributed by atoms with van der Waals surface area (Å²) in [7, 11) is 1.61. The minimum absolute atomic E-state index is 0.0855. The highest BCUT2D eigenvalue weighted by Gasteiger charge is 2.11. The molecule has 0 aliphatic heterocycles. The maximum atomic E-state index is 12.4. The molecule has 1 heterocycles. The van der Waals surface area contributed by atoms with E-state index in [1.807, 2.05) is 42.5 Å². The number of imidazole rings is 1. The number of aryl methyl sites for hydroxylation is 2. The number of carbonyl (C=O) groups excluding carboxylic acids is 1. The van der Waals surface area contributed by atoms with Crippen LogP contribution in [0.25, 0.3) is 11.0 Å². The monoisotopic (exact) mass is 443 g/mol. The summed E-state index contributed by atoms with van der Waals surface area (Å²) in [6, 6.07) is 23.3. The first kappa shape index (κ1) is 22.4. The van der Waals surface area contributed by atoms with Gasteiger partial charge in [-0.1, -0.05) is 29.8 Å². The van der Waals surface area contributed by atoms with Crippen LogP contribution in [0, 0.1) is 6.92 Å². The lowest BCUT2D eigenvalue weighted by Gasteiger charge is -2.11. The van der Waals surface area contributed by atoms with Gasteiger partial charge in [0.15, 0.2) is 0 Å². The SMILES string of the molecule is COc1ccc(C(=O)NCCCc2nc3ccccc3n2CCOc2ccc(C)cc2)cc1. The highest BCUT2D eigenvalue weighted by atomic mass is 16.5. The molecule has 3 aromatic carbocycles. The molecule has 0 aliphatic carbocycles. The van der Waals surface area contributed by atoms with Crippen LogP contribution in [0.5, 0.6) is 11.5 Å². The molecule has 0 saturated carbocycles. The molecule has 33 heavy (non-hydrogen) atoms. The van der Waals surface area contributed by atoms with E-state index in [1.54, 1.807) is 31.4 Å². The number of fused-ring (bicyclic) bond motifs is 1. The van der Waals surface area contributed by atoms with Crippen molar-refractivity contribution < 1.29 is 14.3 Å². The summed E-state index contributed by atoms with van der Waals surface area (Å²) in [6.45, 7) is 3.91. The average molecular weight is 444 g/mol. The Hall–Kier alpha value is -3.80. The third-order valence-corrected chi connectivity index (χ3v) is 5.55. The Morgan fingerprint density at radius 1 is 0.970 bits per heavy atom. The second kappa shape index (κ2) is 10.7. The molecule has 6 nitrogen and oxygen atoms in total. The van der Waals surface area contributed by atoms with Gasteiger partial charge >= 0.3 is 0 Å². The maximum Gasteiger partial charge on any atom is 0.251 e. The fourth-order valence-electron chi connectivity index (χ4n) is 3.75. The number of ether oxygens (including phenoxy) is 2. The zero-order valence-electron chi connectivity index (χ0n) is 19.1. The molecule has 0 fully saturated rings. The molecule has 1 N–H and O–H groups in total. The van der Waals surface area contributed by atoms with Crippen LogP contribution in [0.4, 0.5) is 0 Å². The molecule has 6 heteroatoms. The Kier molecular flexibility index (Phi) is 7.25. The number of aromatic nitrogens is 2. The molecule has 1 amide bonds. The minimum atomic E-state index is -0.0855. The van der Waals surface area contributed by atoms with Gasteiger partial charge in [-0.2, -0.15) is 0 Å². The van der Waals surface area contributed by atoms with E-state index in [-0.39, 0.29) is 5.91 Å². The highest BCUT2D eigenvalue weighted by molar-refractivity contribution is 5.94. The van der Waals surface area contributed by atoms with E-state index in [0.717, 1.165) is 41.2 Å². The summed E-state index contributed by atoms with van der Waals surface area (Å²) < 4.78 is 13.3. The third-order valence-electron chi connectivity index (χ3n) is 5.55. The summed E-state index contributed by atoms with van der Waals surface area (Å²) in [6.07, 6.45) is 1.56. The number of hydrogen-bond donors (Lipinski definition) is 1. The average Bonchev–Trinajstić information content (AvgIpc) is 3.20. The Morgan fingerprint density at radius 3 is 2.45 bits per heavy atom. The lowest BCUT2D eigenvalue weighted by molar-refractivity contribution is 0.0953. The first-order valence-electron chi connectivity index (χ1n) is 11.2. The van der Waals surface area contributed by atoms with Crippen molar-refractivity contribution >= 4 is 16.9 Å². The summed E-state index contributed by atoms with van der Waals surface area (Å²) in [4.78, 5) is 17.2. The zero-order valence-corrected chi connectivity index (χ0v) is 19.1. The summed E-state index contributed by atoms with van der Waals surface area (Å²) >= 11 is 0. The van der Waals surface area contributed by atoms with Gasteiger partial charge in [0.05, 0.1) is 24.7 Å². The lowest BCUT2D eigenvalue weighted by atomic mass is 10.2. The van der Waals surface area contributed by atoms with Gasteiger partial charge in [-0.3, -0.25) is 4.79 Å². The van der Waals surface area contributed by atoms with Crippen molar-refractivity contribution in [1.82, 2.24) is 14.9 Å². The van der Waals surface area contributed by atoms with E-state index in [1.165, 1.54) is 5.56 Å². The van der Waals surface area contributed by atoms with Gasteiger partial charge in [0, 0.05) is 18.5 Å². The molecular formula is C27H29N3O3. The summed E-state index contributed by atoms with van der Waals surface area (Å²) in [5.74, 6) is 2.52. The number of amides is 1. The first-order chi connectivity index (χ1) is 16.1. The summed E-state index contributed by atoms with van der Waals surface area (Å²) in [5, 5.41) is 2.99. The van der Waals surface area contributed by atoms with Gasteiger partial charge in [-0.25, -0.2) is 4.98 Å². The third kappa shape index (κ3) is 5.71. The van der Waals surface area contributed by atoms with E-state index in [4.69, 9.17) is 14.5 Å². The molecule has 4 aromatic rings. The molecule has 0 aliphatic rings. The highest BCUT2D eigenvalue weighted by Crippen LogP contribution is 2.18. The molecular weight excluding hydrogens is 414 g/mol. The topological polar surface area (TPSA) is 65.4 Å². The molecule has 0 radical (unpaired) electrons. The second-order valence-electron chi connectivity index (χ2n) is 7.92. The van der Waals surface area contributed by atoms with Crippen LogP contribution in [-0.2, 0) is 13.0 Å². The number of nitrogens with zero attached hydrogens (tertiary/aromatic N) is 2. The van der Waals surface area contributed by atoms with Crippen LogP contribution in [0.3, 0.4) is 0 Å². The number of carbonyl (C=O) groups is 1. The van der Waals surface area contributed by atoms with Gasteiger partial charge in [0.1, 0.15) is 23.9 Å². The van der Waals surface area contributed by atoms with Crippen LogP contribution in [0.15, 0.2) is 72.8 Å². The van der Waals surface area contributed by atoms with E-state index in [2.05, 4.69) is 22.9 Å². The van der Waals surface area contributed by atoms with Gasteiger partial charge in [-0.15, -0.1) is 0 Å². The van der Waals surface area contributed by atoms with Crippen LogP contribution < -0.4 is 14.8 Å². The predicted molar refractivity (Wildman–Crippen MR) is 130 cm³/mol. The standard InChI is InChI=1S/C27H29N3O3/c1-20-9-13-23(14-10-20)33-19-18-30-25-7-4-3-6-24(25)29-26(30)8-5-17-28-27(31)21-11-15-22(32-2)16-12-21/h3-4,6-7,9-16H,5,8,17-19H2,1-2H3,(H,28,31). The Balaban J connectivity index is 1.34. The van der Waals surface area contributed by atoms with Crippen molar-refractivity contribution in [3.05, 3.63) is 89.7 Å². The molecule has 0 bridgehead atoms. The van der Waals surface area contributed by atoms with E-state index >= 15 is 0 Å². The molecule has 0 spiro atoms. The number of nitrogens with one attached hydrogen (secondary N) is 1. The number of methoxy groups -OCH3 is 1. The van der Waals surface area contributed by atoms with Gasteiger partial charge in [0.2, 0.25) is 0 Å². The second-order valence-corrected chi connectivity index (χ2v) is 7.92. The Morgan fingerprint density at radius 2 is 1.70 bits per heavy atom. The Labute approximate surface area is 194 Å². The largest absolute Gasteiger partial charge is 0.497 e. The fraction of sp³-hybridized carbons (Fsp3) is 0.259. The lowest BCUT2D eigenvalue weighted by Crippen LogP contribution is -2.25. The normalized spacial score (nSPS) is 10.8. The minimum Gasteiger partial charge on any atom is -0.497 e. The molecule has 1 aromatic heterocycles.